The van der Waals surface area contributed by atoms with Crippen LogP contribution in [0.15, 0.2) is 48.5 Å². The third kappa shape index (κ3) is 4.39. The lowest BCUT2D eigenvalue weighted by atomic mass is 10.1. The predicted molar refractivity (Wildman–Crippen MR) is 90.3 cm³/mol. The molecular formula is C18H23NS. The average molecular weight is 285 g/mol. The van der Waals surface area contributed by atoms with Crippen molar-refractivity contribution in [1.82, 2.24) is 5.32 Å². The van der Waals surface area contributed by atoms with E-state index < -0.39 is 0 Å². The molecule has 0 saturated carbocycles. The first-order valence-electron chi connectivity index (χ1n) is 7.06. The maximum atomic E-state index is 3.41. The van der Waals surface area contributed by atoms with Gasteiger partial charge < -0.3 is 5.32 Å². The monoisotopic (exact) mass is 285 g/mol. The fourth-order valence-electron chi connectivity index (χ4n) is 2.48. The maximum Gasteiger partial charge on any atom is 0.0409 e. The van der Waals surface area contributed by atoms with E-state index in [1.54, 1.807) is 0 Å². The zero-order valence-electron chi connectivity index (χ0n) is 12.5. The second-order valence-electron chi connectivity index (χ2n) is 5.26. The smallest absolute Gasteiger partial charge is 0.0409 e. The van der Waals surface area contributed by atoms with Crippen molar-refractivity contribution in [2.24, 2.45) is 0 Å². The first-order chi connectivity index (χ1) is 9.69. The Hall–Kier alpha value is -1.25. The van der Waals surface area contributed by atoms with Gasteiger partial charge in [0.1, 0.15) is 0 Å². The average Bonchev–Trinajstić information content (AvgIpc) is 2.43. The largest absolute Gasteiger partial charge is 0.312 e. The van der Waals surface area contributed by atoms with Gasteiger partial charge in [0, 0.05) is 17.5 Å². The third-order valence-electron chi connectivity index (χ3n) is 3.39. The van der Waals surface area contributed by atoms with Gasteiger partial charge in [-0.05, 0) is 32.0 Å². The van der Waals surface area contributed by atoms with Crippen LogP contribution >= 0.6 is 11.8 Å². The highest BCUT2D eigenvalue weighted by atomic mass is 32.2. The molecule has 0 aromatic heterocycles. The van der Waals surface area contributed by atoms with Gasteiger partial charge in [-0.1, -0.05) is 59.7 Å². The van der Waals surface area contributed by atoms with Crippen molar-refractivity contribution in [1.29, 1.82) is 0 Å². The Balaban J connectivity index is 1.91. The Bertz CT molecular complexity index is 516. The van der Waals surface area contributed by atoms with Gasteiger partial charge in [0.2, 0.25) is 0 Å². The molecule has 0 saturated heterocycles. The van der Waals surface area contributed by atoms with Crippen molar-refractivity contribution in [3.8, 4) is 0 Å². The zero-order chi connectivity index (χ0) is 14.4. The Labute approximate surface area is 126 Å². The van der Waals surface area contributed by atoms with Crippen LogP contribution in [0.4, 0.5) is 0 Å². The molecule has 2 aromatic carbocycles. The molecule has 2 aromatic rings. The highest BCUT2D eigenvalue weighted by Crippen LogP contribution is 2.22. The van der Waals surface area contributed by atoms with Crippen LogP contribution < -0.4 is 5.32 Å². The minimum absolute atomic E-state index is 0.423. The summed E-state index contributed by atoms with van der Waals surface area (Å²) in [6, 6.07) is 17.9. The van der Waals surface area contributed by atoms with Crippen molar-refractivity contribution in [2.75, 3.05) is 12.8 Å². The van der Waals surface area contributed by atoms with Gasteiger partial charge in [-0.2, -0.15) is 11.8 Å². The molecule has 2 heteroatoms. The van der Waals surface area contributed by atoms with E-state index in [0.717, 1.165) is 11.5 Å². The van der Waals surface area contributed by atoms with Crippen LogP contribution in [0.25, 0.3) is 0 Å². The molecule has 0 aliphatic heterocycles. The molecule has 0 aliphatic rings. The molecule has 20 heavy (non-hydrogen) atoms. The fourth-order valence-corrected chi connectivity index (χ4v) is 3.59. The summed E-state index contributed by atoms with van der Waals surface area (Å²) in [6.07, 6.45) is 0. The molecule has 0 bridgehead atoms. The topological polar surface area (TPSA) is 12.0 Å². The van der Waals surface area contributed by atoms with E-state index in [2.05, 4.69) is 67.7 Å². The number of aryl methyl sites for hydroxylation is 2. The van der Waals surface area contributed by atoms with Crippen LogP contribution in [0.5, 0.6) is 0 Å². The second-order valence-corrected chi connectivity index (χ2v) is 6.29. The summed E-state index contributed by atoms with van der Waals surface area (Å²) in [7, 11) is 2.04. The van der Waals surface area contributed by atoms with Crippen LogP contribution in [-0.2, 0) is 5.75 Å². The van der Waals surface area contributed by atoms with E-state index in [1.165, 1.54) is 22.3 Å². The number of hydrogen-bond acceptors (Lipinski definition) is 2. The van der Waals surface area contributed by atoms with Gasteiger partial charge >= 0.3 is 0 Å². The van der Waals surface area contributed by atoms with E-state index in [4.69, 9.17) is 0 Å². The van der Waals surface area contributed by atoms with Gasteiger partial charge in [0.25, 0.3) is 0 Å². The molecule has 0 heterocycles. The van der Waals surface area contributed by atoms with Gasteiger partial charge in [0.15, 0.2) is 0 Å². The maximum absolute atomic E-state index is 3.41. The van der Waals surface area contributed by atoms with Crippen molar-refractivity contribution in [3.05, 3.63) is 70.8 Å². The molecule has 0 aliphatic carbocycles. The highest BCUT2D eigenvalue weighted by Gasteiger charge is 2.08. The van der Waals surface area contributed by atoms with Crippen LogP contribution in [0.2, 0.25) is 0 Å². The molecule has 0 spiro atoms. The number of benzene rings is 2. The van der Waals surface area contributed by atoms with Gasteiger partial charge in [-0.3, -0.25) is 0 Å². The minimum Gasteiger partial charge on any atom is -0.312 e. The quantitative estimate of drug-likeness (QED) is 0.839. The predicted octanol–water partition coefficient (Wildman–Crippen LogP) is 4.50. The zero-order valence-corrected chi connectivity index (χ0v) is 13.3. The second kappa shape index (κ2) is 7.51. The molecule has 1 N–H and O–H groups in total. The summed E-state index contributed by atoms with van der Waals surface area (Å²) < 4.78 is 0. The van der Waals surface area contributed by atoms with E-state index in [-0.39, 0.29) is 0 Å². The molecule has 106 valence electrons. The van der Waals surface area contributed by atoms with E-state index >= 15 is 0 Å². The highest BCUT2D eigenvalue weighted by molar-refractivity contribution is 7.98. The van der Waals surface area contributed by atoms with Crippen LogP contribution in [0.1, 0.15) is 28.3 Å². The molecule has 0 amide bonds. The molecule has 1 atom stereocenters. The number of thioether (sulfide) groups is 1. The van der Waals surface area contributed by atoms with E-state index in [0.29, 0.717) is 6.04 Å². The fraction of sp³-hybridized carbons (Fsp3) is 0.333. The Kier molecular flexibility index (Phi) is 5.69. The van der Waals surface area contributed by atoms with Crippen LogP contribution in [0.3, 0.4) is 0 Å². The number of hydrogen-bond donors (Lipinski definition) is 1. The first kappa shape index (κ1) is 15.1. The van der Waals surface area contributed by atoms with Crippen LogP contribution in [0, 0.1) is 13.8 Å². The molecule has 1 nitrogen and oxygen atoms in total. The third-order valence-corrected chi connectivity index (χ3v) is 4.49. The summed E-state index contributed by atoms with van der Waals surface area (Å²) in [5, 5.41) is 3.41. The Morgan fingerprint density at radius 3 is 2.25 bits per heavy atom. The van der Waals surface area contributed by atoms with Gasteiger partial charge in [0.05, 0.1) is 0 Å². The lowest BCUT2D eigenvalue weighted by Crippen LogP contribution is -2.18. The van der Waals surface area contributed by atoms with Gasteiger partial charge in [-0.15, -0.1) is 0 Å². The minimum atomic E-state index is 0.423. The molecule has 2 rings (SSSR count). The van der Waals surface area contributed by atoms with Crippen molar-refractivity contribution in [3.63, 3.8) is 0 Å². The van der Waals surface area contributed by atoms with Crippen molar-refractivity contribution < 1.29 is 0 Å². The summed E-state index contributed by atoms with van der Waals surface area (Å²) >= 11 is 1.99. The molecule has 0 fully saturated rings. The van der Waals surface area contributed by atoms with Crippen molar-refractivity contribution in [2.45, 2.75) is 25.6 Å². The first-order valence-corrected chi connectivity index (χ1v) is 8.21. The Morgan fingerprint density at radius 2 is 1.65 bits per heavy atom. The summed E-state index contributed by atoms with van der Waals surface area (Å²) in [4.78, 5) is 0. The normalized spacial score (nSPS) is 12.3. The van der Waals surface area contributed by atoms with E-state index in [9.17, 15) is 0 Å². The lowest BCUT2D eigenvalue weighted by molar-refractivity contribution is 0.662. The summed E-state index contributed by atoms with van der Waals surface area (Å²) in [6.45, 7) is 4.34. The SMILES string of the molecule is CNC(CSCc1cc(C)cc(C)c1)c1ccccc1. The summed E-state index contributed by atoms with van der Waals surface area (Å²) in [5.41, 5.74) is 5.50. The van der Waals surface area contributed by atoms with E-state index in [1.807, 2.05) is 18.8 Å². The van der Waals surface area contributed by atoms with Crippen LogP contribution in [-0.4, -0.2) is 12.8 Å². The molecule has 0 radical (unpaired) electrons. The number of nitrogens with one attached hydrogen (secondary N) is 1. The van der Waals surface area contributed by atoms with Gasteiger partial charge in [-0.25, -0.2) is 0 Å². The molecular weight excluding hydrogens is 262 g/mol. The molecule has 1 unspecified atom stereocenters. The standard InChI is InChI=1S/C18H23NS/c1-14-9-15(2)11-16(10-14)12-20-13-18(19-3)17-7-5-4-6-8-17/h4-11,18-19H,12-13H2,1-3H3. The summed E-state index contributed by atoms with van der Waals surface area (Å²) in [5.74, 6) is 2.17. The lowest BCUT2D eigenvalue weighted by Gasteiger charge is -2.16. The Morgan fingerprint density at radius 1 is 1.00 bits per heavy atom. The number of rotatable bonds is 6. The van der Waals surface area contributed by atoms with Crippen molar-refractivity contribution >= 4 is 11.8 Å².